The minimum absolute atomic E-state index is 0.0547. The number of hydrogen-bond donors (Lipinski definition) is 1. The number of rotatable bonds is 10. The van der Waals surface area contributed by atoms with Crippen molar-refractivity contribution in [3.8, 4) is 0 Å². The quantitative estimate of drug-likeness (QED) is 0.684. The number of hydrogen-bond acceptors (Lipinski definition) is 5. The van der Waals surface area contributed by atoms with Crippen LogP contribution in [0.15, 0.2) is 24.3 Å². The van der Waals surface area contributed by atoms with Crippen LogP contribution in [0, 0.1) is 0 Å². The molecule has 1 rings (SSSR count). The fourth-order valence-electron chi connectivity index (χ4n) is 1.82. The number of aliphatic hydroxyl groups is 1. The number of nitrogens with zero attached hydrogens (tertiary/aromatic N) is 1. The van der Waals surface area contributed by atoms with Crippen molar-refractivity contribution in [1.82, 2.24) is 4.31 Å². The Morgan fingerprint density at radius 2 is 1.48 bits per heavy atom. The normalized spacial score (nSPS) is 12.0. The van der Waals surface area contributed by atoms with Crippen LogP contribution in [0.3, 0.4) is 0 Å². The van der Waals surface area contributed by atoms with E-state index in [1.807, 2.05) is 0 Å². The van der Waals surface area contributed by atoms with Gasteiger partial charge in [0.05, 0.1) is 25.6 Å². The molecule has 0 fully saturated rings. The lowest BCUT2D eigenvalue weighted by molar-refractivity contribution is 0.150. The van der Waals surface area contributed by atoms with Crippen molar-refractivity contribution >= 4 is 10.0 Å². The molecule has 0 aliphatic rings. The van der Waals surface area contributed by atoms with E-state index >= 15 is 0 Å². The summed E-state index contributed by atoms with van der Waals surface area (Å²) < 4.78 is 36.1. The zero-order valence-corrected chi connectivity index (χ0v) is 13.3. The van der Waals surface area contributed by atoms with E-state index < -0.39 is 10.0 Å². The molecule has 0 unspecified atom stereocenters. The molecule has 0 heterocycles. The van der Waals surface area contributed by atoms with Crippen molar-refractivity contribution in [2.75, 3.05) is 40.5 Å². The third kappa shape index (κ3) is 6.11. The standard InChI is InChI=1S/C14H23NO5S/c1-19-9-7-15(8-10-20-2)21(17,18)12-14-5-3-13(11-16)4-6-14/h3-6,16H,7-12H2,1-2H3. The van der Waals surface area contributed by atoms with Gasteiger partial charge in [0, 0.05) is 27.3 Å². The van der Waals surface area contributed by atoms with E-state index in [0.717, 1.165) is 5.56 Å². The molecule has 1 N–H and O–H groups in total. The highest BCUT2D eigenvalue weighted by Gasteiger charge is 2.22. The van der Waals surface area contributed by atoms with Crippen molar-refractivity contribution in [1.29, 1.82) is 0 Å². The van der Waals surface area contributed by atoms with Crippen LogP contribution in [-0.2, 0) is 31.9 Å². The Morgan fingerprint density at radius 1 is 1.00 bits per heavy atom. The van der Waals surface area contributed by atoms with E-state index in [1.165, 1.54) is 18.5 Å². The van der Waals surface area contributed by atoms with E-state index in [0.29, 0.717) is 31.9 Å². The first-order chi connectivity index (χ1) is 10.0. The van der Waals surface area contributed by atoms with Crippen LogP contribution in [0.2, 0.25) is 0 Å². The summed E-state index contributed by atoms with van der Waals surface area (Å²) in [6.45, 7) is 1.23. The second-order valence-electron chi connectivity index (χ2n) is 4.62. The molecule has 6 nitrogen and oxygen atoms in total. The van der Waals surface area contributed by atoms with Crippen LogP contribution < -0.4 is 0 Å². The van der Waals surface area contributed by atoms with Crippen LogP contribution in [0.25, 0.3) is 0 Å². The SMILES string of the molecule is COCCN(CCOC)S(=O)(=O)Cc1ccc(CO)cc1. The van der Waals surface area contributed by atoms with Crippen LogP contribution in [0.5, 0.6) is 0 Å². The first kappa shape index (κ1) is 18.1. The van der Waals surface area contributed by atoms with E-state index in [-0.39, 0.29) is 12.4 Å². The largest absolute Gasteiger partial charge is 0.392 e. The molecule has 1 aromatic carbocycles. The summed E-state index contributed by atoms with van der Waals surface area (Å²) in [4.78, 5) is 0. The molecule has 0 saturated heterocycles. The number of sulfonamides is 1. The van der Waals surface area contributed by atoms with E-state index in [1.54, 1.807) is 24.3 Å². The number of benzene rings is 1. The summed E-state index contributed by atoms with van der Waals surface area (Å²) in [7, 11) is -0.356. The highest BCUT2D eigenvalue weighted by Crippen LogP contribution is 2.12. The first-order valence-corrected chi connectivity index (χ1v) is 8.28. The molecular weight excluding hydrogens is 294 g/mol. The van der Waals surface area contributed by atoms with Crippen LogP contribution in [0.1, 0.15) is 11.1 Å². The number of aliphatic hydroxyl groups excluding tert-OH is 1. The lowest BCUT2D eigenvalue weighted by Crippen LogP contribution is -2.37. The molecule has 0 amide bonds. The summed E-state index contributed by atoms with van der Waals surface area (Å²) in [6.07, 6.45) is 0. The Labute approximate surface area is 126 Å². The fraction of sp³-hybridized carbons (Fsp3) is 0.571. The summed E-state index contributed by atoms with van der Waals surface area (Å²) in [5, 5.41) is 8.99. The van der Waals surface area contributed by atoms with Gasteiger partial charge in [-0.15, -0.1) is 0 Å². The highest BCUT2D eigenvalue weighted by molar-refractivity contribution is 7.88. The predicted octanol–water partition coefficient (Wildman–Crippen LogP) is 0.603. The smallest absolute Gasteiger partial charge is 0.218 e. The van der Waals surface area contributed by atoms with Crippen molar-refractivity contribution in [2.24, 2.45) is 0 Å². The second-order valence-corrected chi connectivity index (χ2v) is 6.58. The maximum Gasteiger partial charge on any atom is 0.218 e. The van der Waals surface area contributed by atoms with E-state index in [2.05, 4.69) is 0 Å². The highest BCUT2D eigenvalue weighted by atomic mass is 32.2. The number of ether oxygens (including phenoxy) is 2. The summed E-state index contributed by atoms with van der Waals surface area (Å²) in [5.41, 5.74) is 1.44. The Morgan fingerprint density at radius 3 is 1.90 bits per heavy atom. The predicted molar refractivity (Wildman–Crippen MR) is 80.3 cm³/mol. The lowest BCUT2D eigenvalue weighted by atomic mass is 10.2. The van der Waals surface area contributed by atoms with Gasteiger partial charge in [-0.1, -0.05) is 24.3 Å². The van der Waals surface area contributed by atoms with Crippen molar-refractivity contribution in [3.63, 3.8) is 0 Å². The maximum absolute atomic E-state index is 12.4. The lowest BCUT2D eigenvalue weighted by Gasteiger charge is -2.21. The Balaban J connectivity index is 2.77. The van der Waals surface area contributed by atoms with Gasteiger partial charge in [0.25, 0.3) is 0 Å². The molecule has 0 saturated carbocycles. The second kappa shape index (κ2) is 9.11. The number of methoxy groups -OCH3 is 2. The molecule has 0 aromatic heterocycles. The monoisotopic (exact) mass is 317 g/mol. The van der Waals surface area contributed by atoms with E-state index in [9.17, 15) is 8.42 Å². The molecular formula is C14H23NO5S. The van der Waals surface area contributed by atoms with Gasteiger partial charge >= 0.3 is 0 Å². The Kier molecular flexibility index (Phi) is 7.84. The van der Waals surface area contributed by atoms with Gasteiger partial charge in [0.2, 0.25) is 10.0 Å². The summed E-state index contributed by atoms with van der Waals surface area (Å²) in [5.74, 6) is -0.0772. The Bertz CT molecular complexity index is 493. The first-order valence-electron chi connectivity index (χ1n) is 6.68. The molecule has 0 radical (unpaired) electrons. The zero-order valence-electron chi connectivity index (χ0n) is 12.5. The molecule has 1 aromatic rings. The van der Waals surface area contributed by atoms with Crippen LogP contribution in [-0.4, -0.2) is 58.4 Å². The fourth-order valence-corrected chi connectivity index (χ4v) is 3.32. The molecule has 0 aliphatic carbocycles. The van der Waals surface area contributed by atoms with Gasteiger partial charge in [0.1, 0.15) is 0 Å². The van der Waals surface area contributed by atoms with E-state index in [4.69, 9.17) is 14.6 Å². The maximum atomic E-state index is 12.4. The molecule has 21 heavy (non-hydrogen) atoms. The molecule has 0 spiro atoms. The average Bonchev–Trinajstić information content (AvgIpc) is 2.47. The van der Waals surface area contributed by atoms with Gasteiger partial charge in [-0.25, -0.2) is 8.42 Å². The third-order valence-electron chi connectivity index (χ3n) is 3.04. The molecule has 120 valence electrons. The van der Waals surface area contributed by atoms with Gasteiger partial charge in [-0.2, -0.15) is 4.31 Å². The molecule has 0 atom stereocenters. The minimum atomic E-state index is -3.43. The molecule has 7 heteroatoms. The minimum Gasteiger partial charge on any atom is -0.392 e. The van der Waals surface area contributed by atoms with Gasteiger partial charge in [0.15, 0.2) is 0 Å². The third-order valence-corrected chi connectivity index (χ3v) is 4.89. The summed E-state index contributed by atoms with van der Waals surface area (Å²) in [6, 6.07) is 6.88. The van der Waals surface area contributed by atoms with Crippen molar-refractivity contribution in [2.45, 2.75) is 12.4 Å². The van der Waals surface area contributed by atoms with Gasteiger partial charge in [-0.3, -0.25) is 0 Å². The summed E-state index contributed by atoms with van der Waals surface area (Å²) >= 11 is 0. The molecule has 0 aliphatic heterocycles. The Hall–Kier alpha value is -0.990. The zero-order chi connectivity index (χ0) is 15.7. The van der Waals surface area contributed by atoms with Crippen molar-refractivity contribution < 1.29 is 23.0 Å². The van der Waals surface area contributed by atoms with Crippen LogP contribution >= 0.6 is 0 Å². The van der Waals surface area contributed by atoms with Crippen LogP contribution in [0.4, 0.5) is 0 Å². The average molecular weight is 317 g/mol. The van der Waals surface area contributed by atoms with Crippen molar-refractivity contribution in [3.05, 3.63) is 35.4 Å². The molecule has 0 bridgehead atoms. The topological polar surface area (TPSA) is 76.1 Å². The van der Waals surface area contributed by atoms with Gasteiger partial charge < -0.3 is 14.6 Å². The van der Waals surface area contributed by atoms with Gasteiger partial charge in [-0.05, 0) is 11.1 Å².